The molecule has 1 amide bonds. The summed E-state index contributed by atoms with van der Waals surface area (Å²) >= 11 is 6.96. The van der Waals surface area contributed by atoms with Crippen LogP contribution in [0.15, 0.2) is 45.3 Å². The first kappa shape index (κ1) is 15.3. The Kier molecular flexibility index (Phi) is 4.10. The fourth-order valence-corrected chi connectivity index (χ4v) is 3.72. The second-order valence-corrected chi connectivity index (χ2v) is 7.08. The van der Waals surface area contributed by atoms with Gasteiger partial charge in [0.05, 0.1) is 5.69 Å². The van der Waals surface area contributed by atoms with Gasteiger partial charge >= 0.3 is 0 Å². The Labute approximate surface area is 146 Å². The molecule has 5 heteroatoms. The molecule has 0 fully saturated rings. The third kappa shape index (κ3) is 2.83. The minimum atomic E-state index is -0.0783. The highest BCUT2D eigenvalue weighted by Crippen LogP contribution is 2.40. The van der Waals surface area contributed by atoms with E-state index in [0.717, 1.165) is 31.4 Å². The Bertz CT molecular complexity index is 780. The van der Waals surface area contributed by atoms with Crippen molar-refractivity contribution >= 4 is 60.8 Å². The predicted octanol–water partition coefficient (Wildman–Crippen LogP) is 4.77. The summed E-state index contributed by atoms with van der Waals surface area (Å²) in [7, 11) is 4.01. The van der Waals surface area contributed by atoms with Crippen molar-refractivity contribution in [1.82, 2.24) is 0 Å². The molecule has 1 aliphatic heterocycles. The van der Waals surface area contributed by atoms with Gasteiger partial charge in [-0.05, 0) is 51.8 Å². The van der Waals surface area contributed by atoms with E-state index in [1.165, 1.54) is 0 Å². The highest BCUT2D eigenvalue weighted by atomic mass is 79.9. The van der Waals surface area contributed by atoms with E-state index < -0.39 is 0 Å². The van der Waals surface area contributed by atoms with Gasteiger partial charge in [0.15, 0.2) is 0 Å². The largest absolute Gasteiger partial charge is 0.378 e. The summed E-state index contributed by atoms with van der Waals surface area (Å²) in [5, 5.41) is 2.91. The summed E-state index contributed by atoms with van der Waals surface area (Å²) in [5.41, 5.74) is 4.53. The third-order valence-corrected chi connectivity index (χ3v) is 4.63. The molecule has 0 atom stereocenters. The molecular weight excluding hydrogens is 408 g/mol. The van der Waals surface area contributed by atoms with Crippen LogP contribution in [0.3, 0.4) is 0 Å². The predicted molar refractivity (Wildman–Crippen MR) is 99.1 cm³/mol. The standard InChI is InChI=1S/C17H14Br2N2O/c1-21(2)12-5-3-10(4-6-12)7-14-13-8-11(18)9-15(19)16(13)20-17(14)22/h3-9H,1-2H3,(H,20,22). The van der Waals surface area contributed by atoms with Crippen LogP contribution in [0.5, 0.6) is 0 Å². The molecular formula is C17H14Br2N2O. The van der Waals surface area contributed by atoms with Gasteiger partial charge in [-0.25, -0.2) is 0 Å². The van der Waals surface area contributed by atoms with Crippen LogP contribution in [-0.4, -0.2) is 20.0 Å². The Hall–Kier alpha value is -1.59. The number of carbonyl (C=O) groups excluding carboxylic acids is 1. The molecule has 3 nitrogen and oxygen atoms in total. The zero-order chi connectivity index (χ0) is 15.9. The third-order valence-electron chi connectivity index (χ3n) is 3.55. The van der Waals surface area contributed by atoms with Crippen molar-refractivity contribution in [3.8, 4) is 0 Å². The fourth-order valence-electron chi connectivity index (χ4n) is 2.39. The van der Waals surface area contributed by atoms with Gasteiger partial charge < -0.3 is 10.2 Å². The molecule has 1 aliphatic rings. The van der Waals surface area contributed by atoms with E-state index in [-0.39, 0.29) is 5.91 Å². The molecule has 0 unspecified atom stereocenters. The van der Waals surface area contributed by atoms with Gasteiger partial charge in [0.1, 0.15) is 0 Å². The average molecular weight is 422 g/mol. The number of rotatable bonds is 2. The Balaban J connectivity index is 2.04. The molecule has 0 bridgehead atoms. The van der Waals surface area contributed by atoms with Crippen molar-refractivity contribution in [3.05, 3.63) is 56.5 Å². The molecule has 0 aliphatic carbocycles. The first-order valence-corrected chi connectivity index (χ1v) is 8.34. The van der Waals surface area contributed by atoms with Gasteiger partial charge in [0.25, 0.3) is 5.91 Å². The summed E-state index contributed by atoms with van der Waals surface area (Å²) in [5.74, 6) is -0.0783. The number of hydrogen-bond donors (Lipinski definition) is 1. The van der Waals surface area contributed by atoms with Crippen LogP contribution in [0.1, 0.15) is 11.1 Å². The van der Waals surface area contributed by atoms with Gasteiger partial charge in [-0.1, -0.05) is 28.1 Å². The average Bonchev–Trinajstić information content (AvgIpc) is 2.77. The normalized spacial score (nSPS) is 14.9. The van der Waals surface area contributed by atoms with Gasteiger partial charge in [-0.2, -0.15) is 0 Å². The first-order valence-electron chi connectivity index (χ1n) is 6.75. The Morgan fingerprint density at radius 3 is 2.41 bits per heavy atom. The van der Waals surface area contributed by atoms with Crippen molar-refractivity contribution in [3.63, 3.8) is 0 Å². The molecule has 0 aromatic heterocycles. The van der Waals surface area contributed by atoms with Crippen LogP contribution in [0, 0.1) is 0 Å². The van der Waals surface area contributed by atoms with E-state index in [4.69, 9.17) is 0 Å². The Morgan fingerprint density at radius 1 is 1.09 bits per heavy atom. The maximum absolute atomic E-state index is 12.3. The summed E-state index contributed by atoms with van der Waals surface area (Å²) < 4.78 is 1.81. The van der Waals surface area contributed by atoms with Crippen molar-refractivity contribution in [2.45, 2.75) is 0 Å². The molecule has 0 saturated carbocycles. The molecule has 0 radical (unpaired) electrons. The van der Waals surface area contributed by atoms with Crippen molar-refractivity contribution in [1.29, 1.82) is 0 Å². The summed E-state index contributed by atoms with van der Waals surface area (Å²) in [6, 6.07) is 12.0. The van der Waals surface area contributed by atoms with Crippen LogP contribution in [0.4, 0.5) is 11.4 Å². The second kappa shape index (κ2) is 5.89. The van der Waals surface area contributed by atoms with Crippen molar-refractivity contribution in [2.75, 3.05) is 24.3 Å². The van der Waals surface area contributed by atoms with Crippen LogP contribution in [0.2, 0.25) is 0 Å². The monoisotopic (exact) mass is 420 g/mol. The molecule has 2 aromatic carbocycles. The van der Waals surface area contributed by atoms with E-state index >= 15 is 0 Å². The molecule has 22 heavy (non-hydrogen) atoms. The zero-order valence-corrected chi connectivity index (χ0v) is 15.3. The van der Waals surface area contributed by atoms with Gasteiger partial charge in [-0.15, -0.1) is 0 Å². The SMILES string of the molecule is CN(C)c1ccc(C=C2C(=O)Nc3c(Br)cc(Br)cc32)cc1. The molecule has 0 spiro atoms. The molecule has 2 aromatic rings. The number of anilines is 2. The lowest BCUT2D eigenvalue weighted by Gasteiger charge is -2.12. The Morgan fingerprint density at radius 2 is 1.77 bits per heavy atom. The quantitative estimate of drug-likeness (QED) is 0.708. The van der Waals surface area contributed by atoms with E-state index in [0.29, 0.717) is 5.57 Å². The second-order valence-electron chi connectivity index (χ2n) is 5.31. The van der Waals surface area contributed by atoms with Crippen LogP contribution in [-0.2, 0) is 4.79 Å². The molecule has 0 saturated heterocycles. The number of amides is 1. The van der Waals surface area contributed by atoms with Crippen molar-refractivity contribution in [2.24, 2.45) is 0 Å². The molecule has 112 valence electrons. The maximum Gasteiger partial charge on any atom is 0.256 e. The lowest BCUT2D eigenvalue weighted by molar-refractivity contribution is -0.110. The van der Waals surface area contributed by atoms with E-state index in [1.54, 1.807) is 0 Å². The highest BCUT2D eigenvalue weighted by molar-refractivity contribution is 9.11. The number of halogens is 2. The minimum Gasteiger partial charge on any atom is -0.378 e. The van der Waals surface area contributed by atoms with Crippen LogP contribution < -0.4 is 10.2 Å². The van der Waals surface area contributed by atoms with Crippen LogP contribution >= 0.6 is 31.9 Å². The molecule has 3 rings (SSSR count). The topological polar surface area (TPSA) is 32.3 Å². The van der Waals surface area contributed by atoms with E-state index in [2.05, 4.69) is 37.2 Å². The summed E-state index contributed by atoms with van der Waals surface area (Å²) in [6.07, 6.45) is 1.92. The number of carbonyl (C=O) groups is 1. The number of nitrogens with zero attached hydrogens (tertiary/aromatic N) is 1. The number of fused-ring (bicyclic) bond motifs is 1. The number of hydrogen-bond acceptors (Lipinski definition) is 2. The van der Waals surface area contributed by atoms with Gasteiger partial charge in [0.2, 0.25) is 0 Å². The van der Waals surface area contributed by atoms with Crippen LogP contribution in [0.25, 0.3) is 11.6 Å². The lowest BCUT2D eigenvalue weighted by Crippen LogP contribution is -2.08. The summed E-state index contributed by atoms with van der Waals surface area (Å²) in [6.45, 7) is 0. The molecule has 1 heterocycles. The minimum absolute atomic E-state index is 0.0783. The first-order chi connectivity index (χ1) is 10.5. The van der Waals surface area contributed by atoms with Gasteiger partial charge in [0, 0.05) is 39.9 Å². The molecule has 1 N–H and O–H groups in total. The maximum atomic E-state index is 12.3. The number of nitrogens with one attached hydrogen (secondary N) is 1. The fraction of sp³-hybridized carbons (Fsp3) is 0.118. The van der Waals surface area contributed by atoms with E-state index in [9.17, 15) is 4.79 Å². The zero-order valence-electron chi connectivity index (χ0n) is 12.2. The smallest absolute Gasteiger partial charge is 0.256 e. The van der Waals surface area contributed by atoms with E-state index in [1.807, 2.05) is 61.5 Å². The lowest BCUT2D eigenvalue weighted by atomic mass is 10.0. The van der Waals surface area contributed by atoms with Crippen molar-refractivity contribution < 1.29 is 4.79 Å². The number of benzene rings is 2. The van der Waals surface area contributed by atoms with Gasteiger partial charge in [-0.3, -0.25) is 4.79 Å². The highest BCUT2D eigenvalue weighted by Gasteiger charge is 2.26. The summed E-state index contributed by atoms with van der Waals surface area (Å²) in [4.78, 5) is 14.3.